The lowest BCUT2D eigenvalue weighted by molar-refractivity contribution is -0.153. The van der Waals surface area contributed by atoms with Crippen LogP contribution in [-0.4, -0.2) is 30.8 Å². The van der Waals surface area contributed by atoms with Crippen molar-refractivity contribution in [2.24, 2.45) is 0 Å². The topological polar surface area (TPSA) is 105 Å². The first-order valence-corrected chi connectivity index (χ1v) is 13.2. The zero-order valence-corrected chi connectivity index (χ0v) is 20.7. The van der Waals surface area contributed by atoms with Crippen molar-refractivity contribution in [1.29, 1.82) is 5.26 Å². The second-order valence-corrected chi connectivity index (χ2v) is 10.7. The molecule has 2 heterocycles. The second kappa shape index (κ2) is 8.57. The second-order valence-electron chi connectivity index (χ2n) is 9.39. The number of nitrogens with one attached hydrogen (secondary N) is 1. The number of aromatic nitrogens is 2. The van der Waals surface area contributed by atoms with Crippen molar-refractivity contribution in [2.75, 3.05) is 6.61 Å². The van der Waals surface area contributed by atoms with Crippen LogP contribution in [0.2, 0.25) is 0 Å². The summed E-state index contributed by atoms with van der Waals surface area (Å²) in [6, 6.07) is 14.3. The SMILES string of the molecule is N#Cc1ccc2c(c1)[nH]c1c2c(=O)c2cc(OCC(F)(F)F)c(-c3cccc(S(=O)(=O)F)c3)cc2n1C1CC1. The Hall–Kier alpha value is -4.37. The van der Waals surface area contributed by atoms with Crippen LogP contribution < -0.4 is 10.2 Å². The zero-order valence-electron chi connectivity index (χ0n) is 19.8. The standard InChI is InChI=1S/C27H17F4N3O4S/c28-27(29,30)13-38-23-11-20-22(10-19(23)15-2-1-3-17(9-15)39(31,36)37)34(16-5-6-16)26-24(25(20)35)18-7-4-14(12-32)8-21(18)33-26/h1-4,7-11,16,33H,5-6,13H2. The Morgan fingerprint density at radius 1 is 1.08 bits per heavy atom. The van der Waals surface area contributed by atoms with Gasteiger partial charge >= 0.3 is 16.4 Å². The molecular formula is C27H17F4N3O4S. The molecule has 0 unspecified atom stereocenters. The van der Waals surface area contributed by atoms with Crippen LogP contribution in [0.5, 0.6) is 5.75 Å². The van der Waals surface area contributed by atoms with E-state index in [9.17, 15) is 35.5 Å². The lowest BCUT2D eigenvalue weighted by Gasteiger charge is -2.18. The van der Waals surface area contributed by atoms with Crippen molar-refractivity contribution in [3.63, 3.8) is 0 Å². The molecule has 0 amide bonds. The average Bonchev–Trinajstić information content (AvgIpc) is 3.65. The highest BCUT2D eigenvalue weighted by molar-refractivity contribution is 7.86. The van der Waals surface area contributed by atoms with Crippen LogP contribution in [0.15, 0.2) is 64.3 Å². The number of nitriles is 1. The third kappa shape index (κ3) is 4.38. The van der Waals surface area contributed by atoms with Crippen molar-refractivity contribution in [3.05, 3.63) is 70.4 Å². The van der Waals surface area contributed by atoms with Crippen molar-refractivity contribution < 1.29 is 30.2 Å². The number of fused-ring (bicyclic) bond motifs is 4. The summed E-state index contributed by atoms with van der Waals surface area (Å²) in [5.41, 5.74) is 1.54. The van der Waals surface area contributed by atoms with E-state index in [0.29, 0.717) is 33.0 Å². The number of pyridine rings is 1. The number of hydrogen-bond donors (Lipinski definition) is 1. The maximum absolute atomic E-state index is 13.8. The molecule has 1 N–H and O–H groups in total. The van der Waals surface area contributed by atoms with Crippen molar-refractivity contribution >= 4 is 43.1 Å². The number of alkyl halides is 3. The van der Waals surface area contributed by atoms with Gasteiger partial charge in [-0.25, -0.2) is 0 Å². The fourth-order valence-corrected chi connectivity index (χ4v) is 5.41. The molecule has 1 aliphatic carbocycles. The summed E-state index contributed by atoms with van der Waals surface area (Å²) in [5, 5.41) is 10.3. The molecule has 0 atom stereocenters. The maximum atomic E-state index is 13.8. The molecule has 0 aliphatic heterocycles. The zero-order chi connectivity index (χ0) is 27.7. The summed E-state index contributed by atoms with van der Waals surface area (Å²) in [4.78, 5) is 16.4. The molecule has 0 saturated heterocycles. The van der Waals surface area contributed by atoms with Crippen molar-refractivity contribution in [3.8, 4) is 22.9 Å². The molecule has 12 heteroatoms. The highest BCUT2D eigenvalue weighted by Crippen LogP contribution is 2.43. The molecule has 1 aliphatic rings. The number of H-pyrrole nitrogens is 1. The van der Waals surface area contributed by atoms with E-state index >= 15 is 0 Å². The maximum Gasteiger partial charge on any atom is 0.422 e. The summed E-state index contributed by atoms with van der Waals surface area (Å²) in [7, 11) is -5.10. The first-order valence-electron chi connectivity index (χ1n) is 11.8. The average molecular weight is 556 g/mol. The molecule has 7 nitrogen and oxygen atoms in total. The summed E-state index contributed by atoms with van der Waals surface area (Å²) < 4.78 is 83.2. The number of benzene rings is 3. The van der Waals surface area contributed by atoms with Gasteiger partial charge in [-0.15, -0.1) is 3.89 Å². The molecule has 2 aromatic heterocycles. The van der Waals surface area contributed by atoms with Crippen LogP contribution in [0.4, 0.5) is 17.1 Å². The van der Waals surface area contributed by atoms with Gasteiger partial charge in [-0.3, -0.25) is 4.79 Å². The lowest BCUT2D eigenvalue weighted by atomic mass is 10.0. The Balaban J connectivity index is 1.70. The Morgan fingerprint density at radius 3 is 2.51 bits per heavy atom. The number of hydrogen-bond acceptors (Lipinski definition) is 5. The minimum absolute atomic E-state index is 0.00792. The summed E-state index contributed by atoms with van der Waals surface area (Å²) >= 11 is 0. The molecule has 0 spiro atoms. The first-order chi connectivity index (χ1) is 18.4. The quantitative estimate of drug-likeness (QED) is 0.208. The molecule has 1 saturated carbocycles. The normalized spacial score (nSPS) is 14.2. The van der Waals surface area contributed by atoms with E-state index in [0.717, 1.165) is 25.0 Å². The van der Waals surface area contributed by atoms with Crippen LogP contribution in [0.25, 0.3) is 44.0 Å². The third-order valence-electron chi connectivity index (χ3n) is 6.71. The molecule has 1 fully saturated rings. The molecule has 198 valence electrons. The minimum Gasteiger partial charge on any atom is -0.483 e. The molecule has 39 heavy (non-hydrogen) atoms. The third-order valence-corrected chi connectivity index (χ3v) is 7.52. The van der Waals surface area contributed by atoms with E-state index in [-0.39, 0.29) is 28.3 Å². The number of halogens is 4. The van der Waals surface area contributed by atoms with Gasteiger partial charge in [-0.05, 0) is 54.8 Å². The van der Waals surface area contributed by atoms with Gasteiger partial charge in [0.05, 0.1) is 32.8 Å². The smallest absolute Gasteiger partial charge is 0.422 e. The van der Waals surface area contributed by atoms with E-state index in [2.05, 4.69) is 11.1 Å². The van der Waals surface area contributed by atoms with Crippen molar-refractivity contribution in [1.82, 2.24) is 9.55 Å². The molecule has 0 radical (unpaired) electrons. The monoisotopic (exact) mass is 555 g/mol. The predicted octanol–water partition coefficient (Wildman–Crippen LogP) is 6.11. The van der Waals surface area contributed by atoms with Gasteiger partial charge < -0.3 is 14.3 Å². The minimum atomic E-state index is -5.10. The largest absolute Gasteiger partial charge is 0.483 e. The van der Waals surface area contributed by atoms with E-state index in [1.165, 1.54) is 24.3 Å². The Kier molecular flexibility index (Phi) is 5.48. The Labute approximate surface area is 218 Å². The highest BCUT2D eigenvalue weighted by Gasteiger charge is 2.31. The van der Waals surface area contributed by atoms with E-state index in [1.54, 1.807) is 18.2 Å². The van der Waals surface area contributed by atoms with Gasteiger partial charge in [0.25, 0.3) is 0 Å². The summed E-state index contributed by atoms with van der Waals surface area (Å²) in [6.07, 6.45) is -3.10. The fourth-order valence-electron chi connectivity index (χ4n) is 4.90. The predicted molar refractivity (Wildman–Crippen MR) is 136 cm³/mol. The van der Waals surface area contributed by atoms with Crippen molar-refractivity contribution in [2.45, 2.75) is 30.0 Å². The molecule has 5 aromatic rings. The summed E-state index contributed by atoms with van der Waals surface area (Å²) in [5.74, 6) is -0.307. The van der Waals surface area contributed by atoms with E-state index < -0.39 is 33.3 Å². The lowest BCUT2D eigenvalue weighted by Crippen LogP contribution is -2.20. The Bertz CT molecular complexity index is 2030. The summed E-state index contributed by atoms with van der Waals surface area (Å²) in [6.45, 7) is -1.66. The van der Waals surface area contributed by atoms with Crippen LogP contribution in [0.1, 0.15) is 24.4 Å². The van der Waals surface area contributed by atoms with Crippen LogP contribution in [0, 0.1) is 11.3 Å². The Morgan fingerprint density at radius 2 is 1.85 bits per heavy atom. The van der Waals surface area contributed by atoms with Gasteiger partial charge in [0.1, 0.15) is 11.4 Å². The van der Waals surface area contributed by atoms with Gasteiger partial charge in [0, 0.05) is 22.5 Å². The number of rotatable bonds is 5. The van der Waals surface area contributed by atoms with Gasteiger partial charge in [-0.1, -0.05) is 18.2 Å². The molecule has 3 aromatic carbocycles. The van der Waals surface area contributed by atoms with Gasteiger partial charge in [0.2, 0.25) is 0 Å². The molecule has 0 bridgehead atoms. The number of aromatic amines is 1. The van der Waals surface area contributed by atoms with Gasteiger partial charge in [-0.2, -0.15) is 26.9 Å². The number of nitrogens with zero attached hydrogens (tertiary/aromatic N) is 2. The first kappa shape index (κ1) is 24.9. The fraction of sp³-hybridized carbons (Fsp3) is 0.185. The van der Waals surface area contributed by atoms with E-state index in [4.69, 9.17) is 4.74 Å². The van der Waals surface area contributed by atoms with Crippen LogP contribution >= 0.6 is 0 Å². The van der Waals surface area contributed by atoms with Crippen LogP contribution in [0.3, 0.4) is 0 Å². The van der Waals surface area contributed by atoms with Gasteiger partial charge in [0.15, 0.2) is 12.0 Å². The molecule has 6 rings (SSSR count). The van der Waals surface area contributed by atoms with Crippen LogP contribution in [-0.2, 0) is 10.2 Å². The molecular weight excluding hydrogens is 538 g/mol. The highest BCUT2D eigenvalue weighted by atomic mass is 32.3. The number of ether oxygens (including phenoxy) is 1. The van der Waals surface area contributed by atoms with E-state index in [1.807, 2.05) is 4.57 Å².